The Morgan fingerprint density at radius 2 is 2.50 bits per heavy atom. The zero-order valence-electron chi connectivity index (χ0n) is 9.06. The molecule has 1 atom stereocenters. The lowest BCUT2D eigenvalue weighted by atomic mass is 9.95. The van der Waals surface area contributed by atoms with Gasteiger partial charge in [0.25, 0.3) is 0 Å². The highest BCUT2D eigenvalue weighted by atomic mass is 16.3. The van der Waals surface area contributed by atoms with Crippen LogP contribution in [0.15, 0.2) is 24.7 Å². The lowest BCUT2D eigenvalue weighted by Gasteiger charge is -2.19. The number of nitrogens with one attached hydrogen (secondary N) is 1. The van der Waals surface area contributed by atoms with Crippen molar-refractivity contribution in [3.63, 3.8) is 0 Å². The molecule has 0 aliphatic heterocycles. The molecule has 1 aliphatic rings. The van der Waals surface area contributed by atoms with Crippen LogP contribution in [0, 0.1) is 0 Å². The minimum Gasteiger partial charge on any atom is -0.388 e. The number of aromatic amines is 1. The number of rotatable bonds is 2. The third-order valence-electron chi connectivity index (χ3n) is 3.24. The summed E-state index contributed by atoms with van der Waals surface area (Å²) in [7, 11) is 0. The van der Waals surface area contributed by atoms with Crippen molar-refractivity contribution in [3.8, 4) is 0 Å². The summed E-state index contributed by atoms with van der Waals surface area (Å²) in [6, 6.07) is 2.03. The Hall–Kier alpha value is -1.55. The van der Waals surface area contributed by atoms with Crippen molar-refractivity contribution in [2.75, 3.05) is 0 Å². The van der Waals surface area contributed by atoms with E-state index in [1.54, 1.807) is 6.20 Å². The molecule has 0 spiro atoms. The second kappa shape index (κ2) is 3.79. The highest BCUT2D eigenvalue weighted by Crippen LogP contribution is 2.30. The van der Waals surface area contributed by atoms with Crippen LogP contribution in [0.25, 0.3) is 0 Å². The predicted molar refractivity (Wildman–Crippen MR) is 60.0 cm³/mol. The molecule has 2 N–H and O–H groups in total. The summed E-state index contributed by atoms with van der Waals surface area (Å²) in [5.41, 5.74) is 2.35. The molecule has 2 aromatic rings. The second-order valence-corrected chi connectivity index (χ2v) is 4.29. The zero-order chi connectivity index (χ0) is 11.0. The van der Waals surface area contributed by atoms with Crippen LogP contribution in [0.3, 0.4) is 0 Å². The fourth-order valence-corrected chi connectivity index (χ4v) is 2.43. The van der Waals surface area contributed by atoms with Crippen molar-refractivity contribution >= 4 is 0 Å². The molecule has 0 bridgehead atoms. The first kappa shape index (κ1) is 9.66. The van der Waals surface area contributed by atoms with Crippen LogP contribution in [0.5, 0.6) is 0 Å². The molecule has 0 aromatic carbocycles. The average molecular weight is 217 g/mol. The number of aliphatic hydroxyl groups is 1. The van der Waals surface area contributed by atoms with Gasteiger partial charge < -0.3 is 14.7 Å². The van der Waals surface area contributed by atoms with E-state index in [0.717, 1.165) is 37.2 Å². The van der Waals surface area contributed by atoms with E-state index in [0.29, 0.717) is 0 Å². The molecule has 2 aromatic heterocycles. The van der Waals surface area contributed by atoms with Gasteiger partial charge in [-0.15, -0.1) is 0 Å². The normalized spacial score (nSPS) is 19.7. The van der Waals surface area contributed by atoms with Crippen molar-refractivity contribution in [1.29, 1.82) is 0 Å². The molecule has 1 aliphatic carbocycles. The summed E-state index contributed by atoms with van der Waals surface area (Å²) in [5, 5.41) is 9.86. The Labute approximate surface area is 93.9 Å². The minimum absolute atomic E-state index is 0.276. The van der Waals surface area contributed by atoms with Gasteiger partial charge in [0, 0.05) is 29.8 Å². The van der Waals surface area contributed by atoms with E-state index in [2.05, 4.69) is 14.5 Å². The average Bonchev–Trinajstić information content (AvgIpc) is 2.90. The third-order valence-corrected chi connectivity index (χ3v) is 3.24. The number of fused-ring (bicyclic) bond motifs is 1. The number of aliphatic hydroxyl groups excluding tert-OH is 1. The van der Waals surface area contributed by atoms with Crippen LogP contribution >= 0.6 is 0 Å². The van der Waals surface area contributed by atoms with E-state index in [4.69, 9.17) is 0 Å². The number of aromatic nitrogens is 3. The highest BCUT2D eigenvalue weighted by molar-refractivity contribution is 5.27. The maximum atomic E-state index is 9.86. The number of hydrogen-bond donors (Lipinski definition) is 2. The minimum atomic E-state index is -0.276. The van der Waals surface area contributed by atoms with Crippen LogP contribution in [0.4, 0.5) is 0 Å². The van der Waals surface area contributed by atoms with Gasteiger partial charge in [-0.2, -0.15) is 0 Å². The molecular formula is C12H15N3O. The molecule has 3 rings (SSSR count). The van der Waals surface area contributed by atoms with Gasteiger partial charge in [-0.1, -0.05) is 0 Å². The smallest absolute Gasteiger partial charge is 0.126 e. The van der Waals surface area contributed by atoms with Gasteiger partial charge in [-0.25, -0.2) is 4.98 Å². The largest absolute Gasteiger partial charge is 0.388 e. The fourth-order valence-electron chi connectivity index (χ4n) is 2.43. The van der Waals surface area contributed by atoms with Crippen molar-refractivity contribution < 1.29 is 5.11 Å². The number of imidazole rings is 1. The standard InChI is InChI=1S/C12H15N3O/c16-11-3-1-2-10-9(11)4-7-15(10)8-12-13-5-6-14-12/h4-7,11,16H,1-3,8H2,(H,13,14). The summed E-state index contributed by atoms with van der Waals surface area (Å²) >= 11 is 0. The zero-order valence-corrected chi connectivity index (χ0v) is 9.06. The fraction of sp³-hybridized carbons (Fsp3) is 0.417. The molecule has 84 valence electrons. The second-order valence-electron chi connectivity index (χ2n) is 4.29. The predicted octanol–water partition coefficient (Wildman–Crippen LogP) is 1.63. The van der Waals surface area contributed by atoms with Crippen molar-refractivity contribution in [3.05, 3.63) is 41.7 Å². The number of hydrogen-bond acceptors (Lipinski definition) is 2. The molecule has 0 radical (unpaired) electrons. The van der Waals surface area contributed by atoms with Gasteiger partial charge in [0.05, 0.1) is 12.6 Å². The molecule has 16 heavy (non-hydrogen) atoms. The SMILES string of the molecule is OC1CCCc2c1ccn2Cc1ncc[nH]1. The van der Waals surface area contributed by atoms with E-state index >= 15 is 0 Å². The lowest BCUT2D eigenvalue weighted by molar-refractivity contribution is 0.155. The summed E-state index contributed by atoms with van der Waals surface area (Å²) in [5.74, 6) is 0.957. The van der Waals surface area contributed by atoms with E-state index < -0.39 is 0 Å². The molecule has 0 fully saturated rings. The highest BCUT2D eigenvalue weighted by Gasteiger charge is 2.21. The topological polar surface area (TPSA) is 53.8 Å². The number of H-pyrrole nitrogens is 1. The van der Waals surface area contributed by atoms with Gasteiger partial charge in [0.15, 0.2) is 0 Å². The Morgan fingerprint density at radius 3 is 3.31 bits per heavy atom. The number of nitrogens with zero attached hydrogens (tertiary/aromatic N) is 2. The van der Waals surface area contributed by atoms with Crippen LogP contribution in [-0.4, -0.2) is 19.6 Å². The molecule has 4 nitrogen and oxygen atoms in total. The maximum Gasteiger partial charge on any atom is 0.126 e. The quantitative estimate of drug-likeness (QED) is 0.803. The first-order chi connectivity index (χ1) is 7.84. The van der Waals surface area contributed by atoms with Crippen molar-refractivity contribution in [2.45, 2.75) is 31.9 Å². The Morgan fingerprint density at radius 1 is 1.56 bits per heavy atom. The molecule has 0 saturated carbocycles. The van der Waals surface area contributed by atoms with Crippen LogP contribution < -0.4 is 0 Å². The summed E-state index contributed by atoms with van der Waals surface area (Å²) in [6.07, 6.45) is 8.37. The van der Waals surface area contributed by atoms with Gasteiger partial charge in [-0.3, -0.25) is 0 Å². The molecule has 0 amide bonds. The van der Waals surface area contributed by atoms with Gasteiger partial charge >= 0.3 is 0 Å². The van der Waals surface area contributed by atoms with E-state index in [1.165, 1.54) is 5.69 Å². The first-order valence-electron chi connectivity index (χ1n) is 5.69. The van der Waals surface area contributed by atoms with Gasteiger partial charge in [0.2, 0.25) is 0 Å². The lowest BCUT2D eigenvalue weighted by Crippen LogP contribution is -2.12. The Kier molecular flexibility index (Phi) is 2.29. The maximum absolute atomic E-state index is 9.86. The summed E-state index contributed by atoms with van der Waals surface area (Å²) in [6.45, 7) is 0.759. The summed E-state index contributed by atoms with van der Waals surface area (Å²) in [4.78, 5) is 7.32. The Bertz CT molecular complexity index is 472. The van der Waals surface area contributed by atoms with Gasteiger partial charge in [0.1, 0.15) is 5.82 Å². The van der Waals surface area contributed by atoms with Crippen LogP contribution in [-0.2, 0) is 13.0 Å². The molecular weight excluding hydrogens is 202 g/mol. The molecule has 0 saturated heterocycles. The van der Waals surface area contributed by atoms with E-state index in [-0.39, 0.29) is 6.10 Å². The van der Waals surface area contributed by atoms with Gasteiger partial charge in [-0.05, 0) is 25.3 Å². The molecule has 1 unspecified atom stereocenters. The van der Waals surface area contributed by atoms with E-state index in [1.807, 2.05) is 18.5 Å². The van der Waals surface area contributed by atoms with Crippen molar-refractivity contribution in [1.82, 2.24) is 14.5 Å². The third kappa shape index (κ3) is 1.55. The Balaban J connectivity index is 1.91. The van der Waals surface area contributed by atoms with Crippen LogP contribution in [0.2, 0.25) is 0 Å². The first-order valence-corrected chi connectivity index (χ1v) is 5.69. The molecule has 4 heteroatoms. The van der Waals surface area contributed by atoms with Crippen LogP contribution in [0.1, 0.15) is 36.0 Å². The monoisotopic (exact) mass is 217 g/mol. The van der Waals surface area contributed by atoms with E-state index in [9.17, 15) is 5.11 Å². The molecule has 2 heterocycles. The van der Waals surface area contributed by atoms with Crippen molar-refractivity contribution in [2.24, 2.45) is 0 Å². The summed E-state index contributed by atoms with van der Waals surface area (Å²) < 4.78 is 2.18.